The Morgan fingerprint density at radius 3 is 2.16 bits per heavy atom. The van der Waals surface area contributed by atoms with E-state index in [1.807, 2.05) is 66.7 Å². The molecule has 156 valence electrons. The molecule has 0 aliphatic carbocycles. The van der Waals surface area contributed by atoms with Crippen LogP contribution < -0.4 is 4.74 Å². The lowest BCUT2D eigenvalue weighted by molar-refractivity contribution is 0.0733. The Labute approximate surface area is 195 Å². The van der Waals surface area contributed by atoms with Gasteiger partial charge in [-0.3, -0.25) is 4.79 Å². The minimum absolute atomic E-state index is 0.0970. The summed E-state index contributed by atoms with van der Waals surface area (Å²) in [7, 11) is 0. The summed E-state index contributed by atoms with van der Waals surface area (Å²) < 4.78 is 6.15. The molecule has 0 unspecified atom stereocenters. The average Bonchev–Trinajstić information content (AvgIpc) is 2.83. The van der Waals surface area contributed by atoms with Gasteiger partial charge in [0.1, 0.15) is 5.75 Å². The van der Waals surface area contributed by atoms with Crippen molar-refractivity contribution in [2.24, 2.45) is 0 Å². The molecule has 0 spiro atoms. The van der Waals surface area contributed by atoms with Crippen molar-refractivity contribution >= 4 is 33.8 Å². The van der Waals surface area contributed by atoms with Gasteiger partial charge in [-0.1, -0.05) is 84.9 Å². The van der Waals surface area contributed by atoms with E-state index in [0.717, 1.165) is 16.7 Å². The van der Waals surface area contributed by atoms with Crippen molar-refractivity contribution in [2.45, 2.75) is 0 Å². The standard InChI is InChI=1S/C28H19BrO3/c29-26-12-5-4-11-25(26)28(31)32-24-10-6-7-20(19-24)13-18-27(30)23-16-14-22(15-17-23)21-8-2-1-3-9-21/h1-19H. The van der Waals surface area contributed by atoms with Crippen LogP contribution in [0.15, 0.2) is 114 Å². The average molecular weight is 483 g/mol. The van der Waals surface area contributed by atoms with Crippen LogP contribution in [0.25, 0.3) is 17.2 Å². The van der Waals surface area contributed by atoms with Crippen LogP contribution in [0.2, 0.25) is 0 Å². The Balaban J connectivity index is 1.44. The van der Waals surface area contributed by atoms with Gasteiger partial charge in [0.25, 0.3) is 0 Å². The SMILES string of the molecule is O=C(C=Cc1cccc(OC(=O)c2ccccc2Br)c1)c1ccc(-c2ccccc2)cc1. The van der Waals surface area contributed by atoms with E-state index in [-0.39, 0.29) is 5.78 Å². The summed E-state index contributed by atoms with van der Waals surface area (Å²) in [4.78, 5) is 25.0. The highest BCUT2D eigenvalue weighted by molar-refractivity contribution is 9.10. The Morgan fingerprint density at radius 1 is 0.719 bits per heavy atom. The lowest BCUT2D eigenvalue weighted by atomic mass is 10.0. The van der Waals surface area contributed by atoms with Crippen molar-refractivity contribution in [1.82, 2.24) is 0 Å². The van der Waals surface area contributed by atoms with E-state index in [9.17, 15) is 9.59 Å². The second kappa shape index (κ2) is 10.0. The molecule has 0 aromatic heterocycles. The molecule has 0 saturated carbocycles. The minimum Gasteiger partial charge on any atom is -0.423 e. The maximum Gasteiger partial charge on any atom is 0.344 e. The third-order valence-electron chi connectivity index (χ3n) is 4.87. The van der Waals surface area contributed by atoms with Crippen LogP contribution in [0.5, 0.6) is 5.75 Å². The first-order chi connectivity index (χ1) is 15.6. The van der Waals surface area contributed by atoms with Crippen molar-refractivity contribution in [3.63, 3.8) is 0 Å². The van der Waals surface area contributed by atoms with Gasteiger partial charge < -0.3 is 4.74 Å². The predicted molar refractivity (Wildman–Crippen MR) is 131 cm³/mol. The van der Waals surface area contributed by atoms with Crippen LogP contribution in [-0.2, 0) is 0 Å². The molecule has 4 aromatic rings. The number of ether oxygens (including phenoxy) is 1. The molecular formula is C28H19BrO3. The summed E-state index contributed by atoms with van der Waals surface area (Å²) in [5.74, 6) is -0.138. The first kappa shape index (κ1) is 21.5. The molecule has 0 atom stereocenters. The van der Waals surface area contributed by atoms with Crippen molar-refractivity contribution in [3.8, 4) is 16.9 Å². The van der Waals surface area contributed by atoms with Gasteiger partial charge in [0.05, 0.1) is 5.56 Å². The lowest BCUT2D eigenvalue weighted by Crippen LogP contribution is -2.09. The maximum atomic E-state index is 12.6. The molecule has 32 heavy (non-hydrogen) atoms. The number of halogens is 1. The van der Waals surface area contributed by atoms with Gasteiger partial charge in [-0.2, -0.15) is 0 Å². The largest absolute Gasteiger partial charge is 0.423 e. The Kier molecular flexibility index (Phi) is 6.73. The molecule has 0 aliphatic heterocycles. The molecule has 0 fully saturated rings. The third-order valence-corrected chi connectivity index (χ3v) is 5.56. The van der Waals surface area contributed by atoms with Gasteiger partial charge in [0, 0.05) is 10.0 Å². The number of benzene rings is 4. The van der Waals surface area contributed by atoms with Crippen LogP contribution >= 0.6 is 15.9 Å². The zero-order valence-electron chi connectivity index (χ0n) is 17.1. The molecule has 0 N–H and O–H groups in total. The van der Waals surface area contributed by atoms with Gasteiger partial charge in [0.2, 0.25) is 0 Å². The Hall–Kier alpha value is -3.76. The van der Waals surface area contributed by atoms with Gasteiger partial charge >= 0.3 is 5.97 Å². The molecule has 3 nitrogen and oxygen atoms in total. The highest BCUT2D eigenvalue weighted by Gasteiger charge is 2.12. The second-order valence-electron chi connectivity index (χ2n) is 7.08. The smallest absolute Gasteiger partial charge is 0.344 e. The maximum absolute atomic E-state index is 12.6. The lowest BCUT2D eigenvalue weighted by Gasteiger charge is -2.06. The topological polar surface area (TPSA) is 43.4 Å². The molecule has 0 radical (unpaired) electrons. The first-order valence-electron chi connectivity index (χ1n) is 10.0. The number of carbonyl (C=O) groups is 2. The van der Waals surface area contributed by atoms with E-state index in [2.05, 4.69) is 15.9 Å². The van der Waals surface area contributed by atoms with Crippen molar-refractivity contribution in [2.75, 3.05) is 0 Å². The molecule has 0 heterocycles. The summed E-state index contributed by atoms with van der Waals surface area (Å²) in [6.07, 6.45) is 3.23. The van der Waals surface area contributed by atoms with E-state index in [1.165, 1.54) is 6.08 Å². The third kappa shape index (κ3) is 5.29. The van der Waals surface area contributed by atoms with E-state index in [1.54, 1.807) is 42.5 Å². The molecule has 4 rings (SSSR count). The highest BCUT2D eigenvalue weighted by Crippen LogP contribution is 2.22. The Bertz CT molecular complexity index is 1280. The molecule has 0 saturated heterocycles. The monoisotopic (exact) mass is 482 g/mol. The molecule has 4 aromatic carbocycles. The summed E-state index contributed by atoms with van der Waals surface area (Å²) in [6.45, 7) is 0. The summed E-state index contributed by atoms with van der Waals surface area (Å²) >= 11 is 3.36. The van der Waals surface area contributed by atoms with E-state index in [0.29, 0.717) is 21.3 Å². The minimum atomic E-state index is -0.451. The number of esters is 1. The molecule has 4 heteroatoms. The number of ketones is 1. The predicted octanol–water partition coefficient (Wildman–Crippen LogP) is 7.23. The number of rotatable bonds is 6. The zero-order chi connectivity index (χ0) is 22.3. The number of carbonyl (C=O) groups excluding carboxylic acids is 2. The van der Waals surface area contributed by atoms with Gasteiger partial charge in [-0.15, -0.1) is 0 Å². The quantitative estimate of drug-likeness (QED) is 0.126. The Morgan fingerprint density at radius 2 is 1.41 bits per heavy atom. The van der Waals surface area contributed by atoms with Crippen LogP contribution in [-0.4, -0.2) is 11.8 Å². The van der Waals surface area contributed by atoms with Crippen LogP contribution in [0.1, 0.15) is 26.3 Å². The zero-order valence-corrected chi connectivity index (χ0v) is 18.7. The fourth-order valence-corrected chi connectivity index (χ4v) is 3.64. The normalized spacial score (nSPS) is 10.8. The first-order valence-corrected chi connectivity index (χ1v) is 10.8. The number of allylic oxidation sites excluding steroid dienone is 1. The van der Waals surface area contributed by atoms with Gasteiger partial charge in [-0.25, -0.2) is 4.79 Å². The number of hydrogen-bond acceptors (Lipinski definition) is 3. The van der Waals surface area contributed by atoms with Gasteiger partial charge in [-0.05, 0) is 63.0 Å². The van der Waals surface area contributed by atoms with E-state index in [4.69, 9.17) is 4.74 Å². The molecule has 0 bridgehead atoms. The van der Waals surface area contributed by atoms with E-state index < -0.39 is 5.97 Å². The fraction of sp³-hybridized carbons (Fsp3) is 0. The van der Waals surface area contributed by atoms with Crippen LogP contribution in [0.3, 0.4) is 0 Å². The van der Waals surface area contributed by atoms with Crippen molar-refractivity contribution in [1.29, 1.82) is 0 Å². The fourth-order valence-electron chi connectivity index (χ4n) is 3.20. The van der Waals surface area contributed by atoms with Crippen LogP contribution in [0, 0.1) is 0 Å². The second-order valence-corrected chi connectivity index (χ2v) is 7.94. The molecule has 0 amide bonds. The molecular weight excluding hydrogens is 464 g/mol. The molecule has 0 aliphatic rings. The van der Waals surface area contributed by atoms with Crippen molar-refractivity contribution in [3.05, 3.63) is 130 Å². The number of hydrogen-bond donors (Lipinski definition) is 0. The van der Waals surface area contributed by atoms with Gasteiger partial charge in [0.15, 0.2) is 5.78 Å². The van der Waals surface area contributed by atoms with Crippen LogP contribution in [0.4, 0.5) is 0 Å². The van der Waals surface area contributed by atoms with E-state index >= 15 is 0 Å². The summed E-state index contributed by atoms with van der Waals surface area (Å²) in [5.41, 5.74) is 3.98. The van der Waals surface area contributed by atoms with Crippen molar-refractivity contribution < 1.29 is 14.3 Å². The summed E-state index contributed by atoms with van der Waals surface area (Å²) in [6, 6.07) is 31.7. The summed E-state index contributed by atoms with van der Waals surface area (Å²) in [5, 5.41) is 0. The highest BCUT2D eigenvalue weighted by atomic mass is 79.9.